The first-order valence-electron chi connectivity index (χ1n) is 5.85. The lowest BCUT2D eigenvalue weighted by Crippen LogP contribution is -2.22. The van der Waals surface area contributed by atoms with Crippen LogP contribution in [0.25, 0.3) is 0 Å². The summed E-state index contributed by atoms with van der Waals surface area (Å²) in [6.07, 6.45) is -4.16. The fourth-order valence-electron chi connectivity index (χ4n) is 1.67. The maximum absolute atomic E-state index is 12.2. The van der Waals surface area contributed by atoms with Gasteiger partial charge < -0.3 is 9.73 Å². The Kier molecular flexibility index (Phi) is 5.05. The van der Waals surface area contributed by atoms with Gasteiger partial charge in [0.1, 0.15) is 11.5 Å². The first kappa shape index (κ1) is 14.1. The van der Waals surface area contributed by atoms with E-state index in [1.807, 2.05) is 19.9 Å². The van der Waals surface area contributed by atoms with E-state index in [0.29, 0.717) is 12.3 Å². The van der Waals surface area contributed by atoms with Crippen LogP contribution in [-0.4, -0.2) is 12.7 Å². The molecule has 0 aliphatic carbocycles. The van der Waals surface area contributed by atoms with Crippen molar-refractivity contribution >= 4 is 0 Å². The Hall–Kier alpha value is -0.970. The number of furan rings is 1. The molecule has 0 aromatic carbocycles. The van der Waals surface area contributed by atoms with Gasteiger partial charge in [-0.25, -0.2) is 0 Å². The van der Waals surface area contributed by atoms with E-state index in [4.69, 9.17) is 4.42 Å². The molecular formula is C12H18F3NO. The molecule has 0 saturated heterocycles. The first-order chi connectivity index (χ1) is 7.96. The number of alkyl halides is 3. The molecule has 0 saturated carbocycles. The van der Waals surface area contributed by atoms with E-state index in [1.165, 1.54) is 0 Å². The lowest BCUT2D eigenvalue weighted by molar-refractivity contribution is -0.136. The number of hydrogen-bond acceptors (Lipinski definition) is 2. The van der Waals surface area contributed by atoms with Crippen LogP contribution >= 0.6 is 0 Å². The highest BCUT2D eigenvalue weighted by molar-refractivity contribution is 5.10. The Morgan fingerprint density at radius 1 is 1.29 bits per heavy atom. The number of rotatable bonds is 6. The molecule has 0 aliphatic rings. The number of aryl methyl sites for hydroxylation is 1. The lowest BCUT2D eigenvalue weighted by Gasteiger charge is -2.16. The van der Waals surface area contributed by atoms with E-state index in [2.05, 4.69) is 5.32 Å². The van der Waals surface area contributed by atoms with Crippen LogP contribution in [0.4, 0.5) is 13.2 Å². The zero-order chi connectivity index (χ0) is 12.9. The summed E-state index contributed by atoms with van der Waals surface area (Å²) in [5, 5.41) is 3.02. The summed E-state index contributed by atoms with van der Waals surface area (Å²) >= 11 is 0. The maximum Gasteiger partial charge on any atom is 0.389 e. The van der Waals surface area contributed by atoms with Gasteiger partial charge in [-0.15, -0.1) is 0 Å². The SMILES string of the molecule is CCNC(CCC(F)(F)F)c1ccc(CC)o1. The van der Waals surface area contributed by atoms with Crippen molar-refractivity contribution in [2.45, 2.75) is 45.3 Å². The van der Waals surface area contributed by atoms with Crippen LogP contribution in [0.1, 0.15) is 44.3 Å². The molecule has 0 amide bonds. The van der Waals surface area contributed by atoms with Crippen molar-refractivity contribution in [1.82, 2.24) is 5.32 Å². The van der Waals surface area contributed by atoms with Gasteiger partial charge >= 0.3 is 6.18 Å². The molecule has 98 valence electrons. The third kappa shape index (κ3) is 4.81. The van der Waals surface area contributed by atoms with Crippen LogP contribution in [0.2, 0.25) is 0 Å². The van der Waals surface area contributed by atoms with Gasteiger partial charge in [-0.1, -0.05) is 13.8 Å². The summed E-state index contributed by atoms with van der Waals surface area (Å²) in [6, 6.07) is 3.21. The molecule has 1 atom stereocenters. The predicted molar refractivity (Wildman–Crippen MR) is 59.8 cm³/mol. The van der Waals surface area contributed by atoms with Gasteiger partial charge in [0, 0.05) is 12.8 Å². The molecule has 1 N–H and O–H groups in total. The van der Waals surface area contributed by atoms with Gasteiger partial charge in [-0.05, 0) is 25.1 Å². The smallest absolute Gasteiger partial charge is 0.389 e. The summed E-state index contributed by atoms with van der Waals surface area (Å²) in [5.41, 5.74) is 0. The van der Waals surface area contributed by atoms with E-state index in [9.17, 15) is 13.2 Å². The zero-order valence-electron chi connectivity index (χ0n) is 10.1. The average molecular weight is 249 g/mol. The largest absolute Gasteiger partial charge is 0.464 e. The number of halogens is 3. The second-order valence-corrected chi connectivity index (χ2v) is 3.92. The third-order valence-electron chi connectivity index (χ3n) is 2.54. The first-order valence-corrected chi connectivity index (χ1v) is 5.85. The van der Waals surface area contributed by atoms with Gasteiger partial charge in [0.25, 0.3) is 0 Å². The van der Waals surface area contributed by atoms with Gasteiger partial charge in [0.15, 0.2) is 0 Å². The van der Waals surface area contributed by atoms with Crippen molar-refractivity contribution in [2.24, 2.45) is 0 Å². The van der Waals surface area contributed by atoms with Gasteiger partial charge in [-0.3, -0.25) is 0 Å². The highest BCUT2D eigenvalue weighted by Gasteiger charge is 2.29. The molecule has 0 spiro atoms. The molecule has 1 rings (SSSR count). The highest BCUT2D eigenvalue weighted by Crippen LogP contribution is 2.28. The normalized spacial score (nSPS) is 13.9. The topological polar surface area (TPSA) is 25.2 Å². The van der Waals surface area contributed by atoms with Crippen molar-refractivity contribution in [2.75, 3.05) is 6.54 Å². The molecular weight excluding hydrogens is 231 g/mol. The summed E-state index contributed by atoms with van der Waals surface area (Å²) in [7, 11) is 0. The lowest BCUT2D eigenvalue weighted by atomic mass is 10.1. The summed E-state index contributed by atoms with van der Waals surface area (Å²) in [4.78, 5) is 0. The summed E-state index contributed by atoms with van der Waals surface area (Å²) in [6.45, 7) is 4.43. The fourth-order valence-corrected chi connectivity index (χ4v) is 1.67. The van der Waals surface area contributed by atoms with E-state index in [0.717, 1.165) is 12.2 Å². The van der Waals surface area contributed by atoms with Crippen LogP contribution in [0.5, 0.6) is 0 Å². The predicted octanol–water partition coefficient (Wildman–Crippen LogP) is 3.84. The van der Waals surface area contributed by atoms with Gasteiger partial charge in [-0.2, -0.15) is 13.2 Å². The van der Waals surface area contributed by atoms with Crippen molar-refractivity contribution in [3.8, 4) is 0 Å². The minimum absolute atomic E-state index is 0.00794. The standard InChI is InChI=1S/C12H18F3NO/c1-3-9-5-6-11(17-9)10(16-4-2)7-8-12(13,14)15/h5-6,10,16H,3-4,7-8H2,1-2H3. The van der Waals surface area contributed by atoms with Crippen molar-refractivity contribution in [3.05, 3.63) is 23.7 Å². The molecule has 1 heterocycles. The Labute approximate surface area is 99.2 Å². The molecule has 1 aromatic rings. The maximum atomic E-state index is 12.2. The Morgan fingerprint density at radius 3 is 2.47 bits per heavy atom. The number of hydrogen-bond donors (Lipinski definition) is 1. The Bertz CT molecular complexity index is 333. The van der Waals surface area contributed by atoms with Crippen molar-refractivity contribution in [1.29, 1.82) is 0 Å². The molecule has 17 heavy (non-hydrogen) atoms. The molecule has 2 nitrogen and oxygen atoms in total. The van der Waals surface area contributed by atoms with Crippen molar-refractivity contribution in [3.63, 3.8) is 0 Å². The Balaban J connectivity index is 2.64. The van der Waals surface area contributed by atoms with Crippen molar-refractivity contribution < 1.29 is 17.6 Å². The van der Waals surface area contributed by atoms with Crippen LogP contribution in [0, 0.1) is 0 Å². The highest BCUT2D eigenvalue weighted by atomic mass is 19.4. The van der Waals surface area contributed by atoms with Crippen LogP contribution in [-0.2, 0) is 6.42 Å². The fraction of sp³-hybridized carbons (Fsp3) is 0.667. The molecule has 0 fully saturated rings. The van der Waals surface area contributed by atoms with Gasteiger partial charge in [0.05, 0.1) is 6.04 Å². The molecule has 1 unspecified atom stereocenters. The quantitative estimate of drug-likeness (QED) is 0.828. The minimum atomic E-state index is -4.12. The zero-order valence-corrected chi connectivity index (χ0v) is 10.1. The number of nitrogens with one attached hydrogen (secondary N) is 1. The minimum Gasteiger partial charge on any atom is -0.464 e. The molecule has 1 aromatic heterocycles. The summed E-state index contributed by atoms with van der Waals surface area (Å²) < 4.78 is 42.0. The van der Waals surface area contributed by atoms with Crippen LogP contribution < -0.4 is 5.32 Å². The Morgan fingerprint density at radius 2 is 2.00 bits per heavy atom. The third-order valence-corrected chi connectivity index (χ3v) is 2.54. The molecule has 0 aliphatic heterocycles. The second-order valence-electron chi connectivity index (χ2n) is 3.92. The van der Waals surface area contributed by atoms with E-state index in [1.54, 1.807) is 6.07 Å². The summed E-state index contributed by atoms with van der Waals surface area (Å²) in [5.74, 6) is 1.39. The van der Waals surface area contributed by atoms with Gasteiger partial charge in [0.2, 0.25) is 0 Å². The molecule has 0 bridgehead atoms. The average Bonchev–Trinajstić information content (AvgIpc) is 2.71. The van der Waals surface area contributed by atoms with E-state index >= 15 is 0 Å². The second kappa shape index (κ2) is 6.10. The van der Waals surface area contributed by atoms with E-state index < -0.39 is 12.6 Å². The molecule has 5 heteroatoms. The van der Waals surface area contributed by atoms with Crippen LogP contribution in [0.3, 0.4) is 0 Å². The van der Waals surface area contributed by atoms with E-state index in [-0.39, 0.29) is 12.5 Å². The molecule has 0 radical (unpaired) electrons. The van der Waals surface area contributed by atoms with Crippen LogP contribution in [0.15, 0.2) is 16.5 Å². The monoisotopic (exact) mass is 249 g/mol.